The summed E-state index contributed by atoms with van der Waals surface area (Å²) in [5.41, 5.74) is 1.31. The zero-order chi connectivity index (χ0) is 17.8. The normalized spacial score (nSPS) is 45.9. The van der Waals surface area contributed by atoms with Crippen LogP contribution in [0.1, 0.15) is 79.1 Å². The fraction of sp³-hybridized carbons (Fsp3) is 0.952. The van der Waals surface area contributed by atoms with E-state index in [4.69, 9.17) is 9.47 Å². The molecule has 0 N–H and O–H groups in total. The number of methoxy groups -OCH3 is 2. The molecule has 0 heterocycles. The number of hydrogen-bond acceptors (Lipinski definition) is 3. The highest BCUT2D eigenvalue weighted by molar-refractivity contribution is 5.69. The Kier molecular flexibility index (Phi) is 4.35. The van der Waals surface area contributed by atoms with Crippen LogP contribution in [0.4, 0.5) is 0 Å². The van der Waals surface area contributed by atoms with E-state index in [1.165, 1.54) is 39.2 Å². The molecule has 0 bridgehead atoms. The molecule has 3 nitrogen and oxygen atoms in total. The molecule has 0 aromatic rings. The Labute approximate surface area is 147 Å². The quantitative estimate of drug-likeness (QED) is 0.664. The van der Waals surface area contributed by atoms with E-state index in [0.717, 1.165) is 18.8 Å². The SMILES string of the molecule is COC(=O)CCC[C@]1(C)CC[C@@H]2C(C)(C)C[C@@]3(C)CCC(OC)C213. The number of carbonyl (C=O) groups is 1. The lowest BCUT2D eigenvalue weighted by Crippen LogP contribution is -2.52. The van der Waals surface area contributed by atoms with Crippen LogP contribution in [0.5, 0.6) is 0 Å². The summed E-state index contributed by atoms with van der Waals surface area (Å²) in [5.74, 6) is 0.667. The van der Waals surface area contributed by atoms with Gasteiger partial charge in [-0.3, -0.25) is 4.79 Å². The fourth-order valence-electron chi connectivity index (χ4n) is 8.08. The van der Waals surface area contributed by atoms with Crippen molar-refractivity contribution in [3.05, 3.63) is 0 Å². The molecule has 3 aliphatic carbocycles. The van der Waals surface area contributed by atoms with Crippen LogP contribution in [0.15, 0.2) is 0 Å². The predicted octanol–water partition coefficient (Wildman–Crippen LogP) is 4.98. The van der Waals surface area contributed by atoms with Crippen molar-refractivity contribution in [2.45, 2.75) is 85.2 Å². The summed E-state index contributed by atoms with van der Waals surface area (Å²) in [6.07, 6.45) is 9.37. The van der Waals surface area contributed by atoms with Crippen LogP contribution in [0, 0.1) is 27.6 Å². The van der Waals surface area contributed by atoms with E-state index < -0.39 is 0 Å². The maximum atomic E-state index is 11.6. The molecule has 3 rings (SSSR count). The number of esters is 1. The van der Waals surface area contributed by atoms with Crippen molar-refractivity contribution in [1.82, 2.24) is 0 Å². The molecular formula is C21H36O3. The molecule has 5 atom stereocenters. The second kappa shape index (κ2) is 5.72. The maximum absolute atomic E-state index is 11.6. The summed E-state index contributed by atoms with van der Waals surface area (Å²) in [7, 11) is 3.41. The minimum Gasteiger partial charge on any atom is -0.469 e. The molecule has 0 aromatic heterocycles. The molecule has 0 radical (unpaired) electrons. The molecule has 24 heavy (non-hydrogen) atoms. The monoisotopic (exact) mass is 336 g/mol. The van der Waals surface area contributed by atoms with Crippen LogP contribution in [-0.4, -0.2) is 26.3 Å². The Morgan fingerprint density at radius 1 is 1.08 bits per heavy atom. The van der Waals surface area contributed by atoms with E-state index >= 15 is 0 Å². The van der Waals surface area contributed by atoms with Crippen LogP contribution in [-0.2, 0) is 14.3 Å². The maximum Gasteiger partial charge on any atom is 0.305 e. The van der Waals surface area contributed by atoms with Gasteiger partial charge >= 0.3 is 5.97 Å². The summed E-state index contributed by atoms with van der Waals surface area (Å²) < 4.78 is 11.0. The molecule has 138 valence electrons. The standard InChI is InChI=1S/C21H36O3/c1-18(2)14-20(4)13-10-16(23-5)21(20)15(18)9-12-19(21,3)11-7-8-17(22)24-6/h15-16H,7-14H2,1-6H3/t15-,16?,19-,20-,21?/m1/s1. The summed E-state index contributed by atoms with van der Waals surface area (Å²) >= 11 is 0. The topological polar surface area (TPSA) is 35.5 Å². The van der Waals surface area contributed by atoms with Gasteiger partial charge in [0.1, 0.15) is 0 Å². The molecule has 1 spiro atoms. The summed E-state index contributed by atoms with van der Waals surface area (Å²) in [6.45, 7) is 10.0. The van der Waals surface area contributed by atoms with E-state index in [0.29, 0.717) is 23.4 Å². The first-order chi connectivity index (χ1) is 11.2. The van der Waals surface area contributed by atoms with E-state index in [1.54, 1.807) is 0 Å². The molecule has 3 aliphatic rings. The Morgan fingerprint density at radius 2 is 1.79 bits per heavy atom. The minimum absolute atomic E-state index is 0.0742. The highest BCUT2D eigenvalue weighted by Crippen LogP contribution is 2.82. The highest BCUT2D eigenvalue weighted by Gasteiger charge is 2.77. The van der Waals surface area contributed by atoms with Gasteiger partial charge in [-0.2, -0.15) is 0 Å². The largest absolute Gasteiger partial charge is 0.469 e. The second-order valence-corrected chi connectivity index (χ2v) is 9.94. The summed E-state index contributed by atoms with van der Waals surface area (Å²) in [5, 5.41) is 0. The molecule has 3 fully saturated rings. The molecule has 3 heteroatoms. The first kappa shape index (κ1) is 18.2. The number of ether oxygens (including phenoxy) is 2. The number of carbonyl (C=O) groups excluding carboxylic acids is 1. The number of hydrogen-bond donors (Lipinski definition) is 0. The van der Waals surface area contributed by atoms with E-state index in [2.05, 4.69) is 27.7 Å². The van der Waals surface area contributed by atoms with Gasteiger partial charge < -0.3 is 9.47 Å². The van der Waals surface area contributed by atoms with E-state index in [1.807, 2.05) is 7.11 Å². The summed E-state index contributed by atoms with van der Waals surface area (Å²) in [6, 6.07) is 0. The average Bonchev–Trinajstić information content (AvgIpc) is 3.03. The molecule has 0 aromatic carbocycles. The Hall–Kier alpha value is -0.570. The number of rotatable bonds is 5. The Morgan fingerprint density at radius 3 is 2.42 bits per heavy atom. The van der Waals surface area contributed by atoms with Gasteiger partial charge in [0.25, 0.3) is 0 Å². The molecule has 0 aliphatic heterocycles. The summed E-state index contributed by atoms with van der Waals surface area (Å²) in [4.78, 5) is 11.6. The van der Waals surface area contributed by atoms with Gasteiger partial charge in [0.05, 0.1) is 13.2 Å². The average molecular weight is 337 g/mol. The van der Waals surface area contributed by atoms with Crippen molar-refractivity contribution in [2.75, 3.05) is 14.2 Å². The first-order valence-corrected chi connectivity index (χ1v) is 9.76. The van der Waals surface area contributed by atoms with Gasteiger partial charge in [-0.05, 0) is 67.1 Å². The minimum atomic E-state index is -0.0742. The van der Waals surface area contributed by atoms with Crippen molar-refractivity contribution < 1.29 is 14.3 Å². The zero-order valence-electron chi connectivity index (χ0n) is 16.5. The third kappa shape index (κ3) is 2.15. The van der Waals surface area contributed by atoms with Crippen molar-refractivity contribution >= 4 is 5.97 Å². The third-order valence-corrected chi connectivity index (χ3v) is 8.41. The lowest BCUT2D eigenvalue weighted by molar-refractivity contribution is -0.141. The molecule has 2 unspecified atom stereocenters. The van der Waals surface area contributed by atoms with E-state index in [9.17, 15) is 4.79 Å². The fourth-order valence-corrected chi connectivity index (χ4v) is 8.08. The van der Waals surface area contributed by atoms with Crippen LogP contribution >= 0.6 is 0 Å². The molecule has 0 saturated heterocycles. The first-order valence-electron chi connectivity index (χ1n) is 9.76. The molecule has 3 saturated carbocycles. The zero-order valence-corrected chi connectivity index (χ0v) is 16.5. The predicted molar refractivity (Wildman–Crippen MR) is 95.7 cm³/mol. The Balaban J connectivity index is 1.95. The van der Waals surface area contributed by atoms with Gasteiger partial charge in [-0.25, -0.2) is 0 Å². The van der Waals surface area contributed by atoms with Crippen molar-refractivity contribution in [3.63, 3.8) is 0 Å². The highest BCUT2D eigenvalue weighted by atomic mass is 16.5. The van der Waals surface area contributed by atoms with Crippen LogP contribution < -0.4 is 0 Å². The molecular weight excluding hydrogens is 300 g/mol. The van der Waals surface area contributed by atoms with Crippen LogP contribution in [0.25, 0.3) is 0 Å². The van der Waals surface area contributed by atoms with Gasteiger partial charge in [-0.1, -0.05) is 27.7 Å². The smallest absolute Gasteiger partial charge is 0.305 e. The third-order valence-electron chi connectivity index (χ3n) is 8.41. The van der Waals surface area contributed by atoms with Gasteiger partial charge in [0.2, 0.25) is 0 Å². The van der Waals surface area contributed by atoms with Gasteiger partial charge in [0, 0.05) is 18.9 Å². The van der Waals surface area contributed by atoms with Crippen LogP contribution in [0.3, 0.4) is 0 Å². The lowest BCUT2D eigenvalue weighted by atomic mass is 9.52. The van der Waals surface area contributed by atoms with Gasteiger partial charge in [-0.15, -0.1) is 0 Å². The lowest BCUT2D eigenvalue weighted by Gasteiger charge is -2.53. The molecule has 0 amide bonds. The second-order valence-electron chi connectivity index (χ2n) is 9.94. The van der Waals surface area contributed by atoms with Crippen LogP contribution in [0.2, 0.25) is 0 Å². The van der Waals surface area contributed by atoms with Crippen molar-refractivity contribution in [3.8, 4) is 0 Å². The van der Waals surface area contributed by atoms with Gasteiger partial charge in [0.15, 0.2) is 0 Å². The van der Waals surface area contributed by atoms with Crippen molar-refractivity contribution in [1.29, 1.82) is 0 Å². The van der Waals surface area contributed by atoms with Crippen molar-refractivity contribution in [2.24, 2.45) is 27.6 Å². The van der Waals surface area contributed by atoms with E-state index in [-0.39, 0.29) is 16.8 Å². The Bertz CT molecular complexity index is 513.